The molecule has 30 heavy (non-hydrogen) atoms. The second-order valence-corrected chi connectivity index (χ2v) is 8.17. The number of alkyl carbamates (subject to hydrolysis) is 1. The minimum absolute atomic E-state index is 0.319. The molecule has 5 nitrogen and oxygen atoms in total. The van der Waals surface area contributed by atoms with E-state index in [4.69, 9.17) is 4.74 Å². The van der Waals surface area contributed by atoms with Crippen molar-refractivity contribution in [2.75, 3.05) is 11.4 Å². The number of hydrogen-bond donors (Lipinski definition) is 1. The van der Waals surface area contributed by atoms with Crippen LogP contribution in [-0.4, -0.2) is 30.6 Å². The first-order chi connectivity index (χ1) is 14.0. The molecule has 0 saturated carbocycles. The average molecular weight is 420 g/mol. The van der Waals surface area contributed by atoms with Gasteiger partial charge >= 0.3 is 12.3 Å². The molecule has 0 bridgehead atoms. The Bertz CT molecular complexity index is 934. The second-order valence-electron chi connectivity index (χ2n) is 8.17. The second kappa shape index (κ2) is 8.01. The highest BCUT2D eigenvalue weighted by molar-refractivity contribution is 5.83. The maximum absolute atomic E-state index is 12.9. The third-order valence-corrected chi connectivity index (χ3v) is 4.69. The molecule has 0 radical (unpaired) electrons. The van der Waals surface area contributed by atoms with Crippen LogP contribution in [0.2, 0.25) is 0 Å². The quantitative estimate of drug-likeness (QED) is 0.702. The summed E-state index contributed by atoms with van der Waals surface area (Å²) in [4.78, 5) is 25.6. The third-order valence-electron chi connectivity index (χ3n) is 4.69. The molecule has 160 valence electrons. The summed E-state index contributed by atoms with van der Waals surface area (Å²) in [5.41, 5.74) is 1.04. The molecule has 1 unspecified atom stereocenters. The number of carbonyl (C=O) groups excluding carboxylic acids is 2. The first-order valence-corrected chi connectivity index (χ1v) is 9.49. The van der Waals surface area contributed by atoms with Crippen molar-refractivity contribution in [2.45, 2.75) is 45.0 Å². The standard InChI is InChI=1S/C22H23F3N2O3/c1-21(2,3)30-20(29)26-16-11-18-14(13-28)5-4-6-19(18)27(12-16)17-9-7-15(8-10-17)22(23,24)25/h4-10,13,16H,11-12H2,1-3H3,(H,26,29). The first-order valence-electron chi connectivity index (χ1n) is 9.49. The van der Waals surface area contributed by atoms with Gasteiger partial charge in [0.15, 0.2) is 0 Å². The zero-order valence-electron chi connectivity index (χ0n) is 16.9. The third kappa shape index (κ3) is 4.93. The fourth-order valence-electron chi connectivity index (χ4n) is 3.45. The molecule has 2 aromatic rings. The van der Waals surface area contributed by atoms with Crippen LogP contribution in [0.4, 0.5) is 29.3 Å². The van der Waals surface area contributed by atoms with Crippen molar-refractivity contribution in [3.8, 4) is 0 Å². The Morgan fingerprint density at radius 2 is 1.80 bits per heavy atom. The van der Waals surface area contributed by atoms with E-state index in [1.54, 1.807) is 37.8 Å². The van der Waals surface area contributed by atoms with Crippen molar-refractivity contribution in [3.63, 3.8) is 0 Å². The summed E-state index contributed by atoms with van der Waals surface area (Å²) >= 11 is 0. The number of fused-ring (bicyclic) bond motifs is 1. The first kappa shape index (κ1) is 21.7. The van der Waals surface area contributed by atoms with E-state index in [-0.39, 0.29) is 0 Å². The van der Waals surface area contributed by atoms with Gasteiger partial charge in [0.2, 0.25) is 0 Å². The highest BCUT2D eigenvalue weighted by Crippen LogP contribution is 2.37. The molecule has 1 heterocycles. The number of ether oxygens (including phenoxy) is 1. The smallest absolute Gasteiger partial charge is 0.416 e. The number of amides is 1. The van der Waals surface area contributed by atoms with Gasteiger partial charge in [-0.1, -0.05) is 12.1 Å². The van der Waals surface area contributed by atoms with Crippen molar-refractivity contribution < 1.29 is 27.5 Å². The van der Waals surface area contributed by atoms with E-state index in [0.29, 0.717) is 24.2 Å². The number of hydrogen-bond acceptors (Lipinski definition) is 4. The van der Waals surface area contributed by atoms with E-state index in [1.807, 2.05) is 6.07 Å². The highest BCUT2D eigenvalue weighted by atomic mass is 19.4. The minimum atomic E-state index is -4.43. The van der Waals surface area contributed by atoms with E-state index >= 15 is 0 Å². The number of alkyl halides is 3. The van der Waals surface area contributed by atoms with Crippen LogP contribution >= 0.6 is 0 Å². The topological polar surface area (TPSA) is 58.6 Å². The Balaban J connectivity index is 1.94. The van der Waals surface area contributed by atoms with E-state index in [1.165, 1.54) is 12.1 Å². The van der Waals surface area contributed by atoms with Crippen LogP contribution in [0.3, 0.4) is 0 Å². The lowest BCUT2D eigenvalue weighted by Gasteiger charge is -2.37. The molecule has 3 rings (SSSR count). The molecular formula is C22H23F3N2O3. The van der Waals surface area contributed by atoms with Crippen molar-refractivity contribution in [3.05, 3.63) is 59.2 Å². The summed E-state index contributed by atoms with van der Waals surface area (Å²) in [5, 5.41) is 2.80. The Morgan fingerprint density at radius 3 is 2.37 bits per heavy atom. The predicted molar refractivity (Wildman–Crippen MR) is 107 cm³/mol. The van der Waals surface area contributed by atoms with Crippen molar-refractivity contribution in [1.82, 2.24) is 5.32 Å². The van der Waals surface area contributed by atoms with Crippen LogP contribution in [0.15, 0.2) is 42.5 Å². The van der Waals surface area contributed by atoms with Crippen molar-refractivity contribution in [2.24, 2.45) is 0 Å². The molecule has 0 aliphatic carbocycles. The normalized spacial score (nSPS) is 16.6. The van der Waals surface area contributed by atoms with Gasteiger partial charge in [-0.15, -0.1) is 0 Å². The molecular weight excluding hydrogens is 397 g/mol. The highest BCUT2D eigenvalue weighted by Gasteiger charge is 2.32. The molecule has 8 heteroatoms. The van der Waals surface area contributed by atoms with Crippen LogP contribution in [0, 0.1) is 0 Å². The van der Waals surface area contributed by atoms with Gasteiger partial charge < -0.3 is 15.0 Å². The lowest BCUT2D eigenvalue weighted by atomic mass is 9.93. The monoisotopic (exact) mass is 420 g/mol. The summed E-state index contributed by atoms with van der Waals surface area (Å²) in [7, 11) is 0. The molecule has 1 amide bonds. The number of carbonyl (C=O) groups is 2. The van der Waals surface area contributed by atoms with Gasteiger partial charge in [0.1, 0.15) is 11.9 Å². The van der Waals surface area contributed by atoms with E-state index in [0.717, 1.165) is 29.7 Å². The zero-order valence-corrected chi connectivity index (χ0v) is 16.9. The minimum Gasteiger partial charge on any atom is -0.444 e. The number of nitrogens with zero attached hydrogens (tertiary/aromatic N) is 1. The SMILES string of the molecule is CC(C)(C)OC(=O)NC1Cc2c(C=O)cccc2N(c2ccc(C(F)(F)F)cc2)C1. The Morgan fingerprint density at radius 1 is 1.13 bits per heavy atom. The van der Waals surface area contributed by atoms with Gasteiger partial charge in [-0.05, 0) is 63.1 Å². The van der Waals surface area contributed by atoms with Gasteiger partial charge in [0.25, 0.3) is 0 Å². The summed E-state index contributed by atoms with van der Waals surface area (Å²) in [6.45, 7) is 5.57. The van der Waals surface area contributed by atoms with Crippen LogP contribution in [0.1, 0.15) is 42.3 Å². The van der Waals surface area contributed by atoms with E-state index < -0.39 is 29.5 Å². The van der Waals surface area contributed by atoms with Gasteiger partial charge in [-0.3, -0.25) is 4.79 Å². The number of nitrogens with one attached hydrogen (secondary N) is 1. The number of aldehydes is 1. The van der Waals surface area contributed by atoms with E-state index in [9.17, 15) is 22.8 Å². The van der Waals surface area contributed by atoms with Crippen LogP contribution in [0.25, 0.3) is 0 Å². The molecule has 0 fully saturated rings. The zero-order chi connectivity index (χ0) is 22.1. The summed E-state index contributed by atoms with van der Waals surface area (Å²) < 4.78 is 44.1. The summed E-state index contributed by atoms with van der Waals surface area (Å²) in [6, 6.07) is 9.62. The fourth-order valence-corrected chi connectivity index (χ4v) is 3.45. The molecule has 2 aromatic carbocycles. The molecule has 0 spiro atoms. The van der Waals surface area contributed by atoms with Crippen LogP contribution in [0.5, 0.6) is 0 Å². The molecule has 1 aliphatic heterocycles. The number of halogens is 3. The predicted octanol–water partition coefficient (Wildman–Crippen LogP) is 5.11. The van der Waals surface area contributed by atoms with Crippen LogP contribution in [-0.2, 0) is 17.3 Å². The maximum Gasteiger partial charge on any atom is 0.416 e. The van der Waals surface area contributed by atoms with Crippen LogP contribution < -0.4 is 10.2 Å². The number of rotatable bonds is 3. The maximum atomic E-state index is 12.9. The summed E-state index contributed by atoms with van der Waals surface area (Å²) in [6.07, 6.45) is -3.88. The molecule has 1 aliphatic rings. The van der Waals surface area contributed by atoms with Crippen molar-refractivity contribution >= 4 is 23.8 Å². The number of benzene rings is 2. The Kier molecular flexibility index (Phi) is 5.78. The summed E-state index contributed by atoms with van der Waals surface area (Å²) in [5.74, 6) is 0. The Labute approximate surface area is 172 Å². The average Bonchev–Trinajstić information content (AvgIpc) is 2.64. The lowest BCUT2D eigenvalue weighted by molar-refractivity contribution is -0.137. The van der Waals surface area contributed by atoms with E-state index in [2.05, 4.69) is 5.32 Å². The number of anilines is 2. The fraction of sp³-hybridized carbons (Fsp3) is 0.364. The molecule has 0 saturated heterocycles. The lowest BCUT2D eigenvalue weighted by Crippen LogP contribution is -2.48. The van der Waals surface area contributed by atoms with Gasteiger partial charge in [0.05, 0.1) is 11.6 Å². The molecule has 0 aromatic heterocycles. The van der Waals surface area contributed by atoms with Gasteiger partial charge in [-0.2, -0.15) is 13.2 Å². The van der Waals surface area contributed by atoms with Gasteiger partial charge in [0, 0.05) is 23.5 Å². The Hall–Kier alpha value is -3.03. The van der Waals surface area contributed by atoms with Gasteiger partial charge in [-0.25, -0.2) is 4.79 Å². The molecule has 1 atom stereocenters. The largest absolute Gasteiger partial charge is 0.444 e. The van der Waals surface area contributed by atoms with Crippen molar-refractivity contribution in [1.29, 1.82) is 0 Å². The molecule has 1 N–H and O–H groups in total.